The second-order valence-electron chi connectivity index (χ2n) is 4.31. The predicted molar refractivity (Wildman–Crippen MR) is 65.5 cm³/mol. The lowest BCUT2D eigenvalue weighted by molar-refractivity contribution is 0.405. The van der Waals surface area contributed by atoms with E-state index in [1.807, 2.05) is 0 Å². The Bertz CT molecular complexity index is 479. The highest BCUT2D eigenvalue weighted by molar-refractivity contribution is 5.32. The van der Waals surface area contributed by atoms with E-state index >= 15 is 0 Å². The van der Waals surface area contributed by atoms with Gasteiger partial charge < -0.3 is 9.84 Å². The molecule has 0 saturated carbocycles. The first-order chi connectivity index (χ1) is 8.16. The molecular weight excluding hydrogens is 214 g/mol. The standard InChI is InChI=1S/C13H17N3O/c1-9-4-5-10(2)12(6-9)11(3)14-7-13-15-8-17-16-13/h4-6,8,11,14H,7H2,1-3H3. The van der Waals surface area contributed by atoms with Crippen molar-refractivity contribution in [3.05, 3.63) is 47.1 Å². The van der Waals surface area contributed by atoms with Gasteiger partial charge in [-0.15, -0.1) is 0 Å². The van der Waals surface area contributed by atoms with Crippen LogP contribution in [0.25, 0.3) is 0 Å². The maximum atomic E-state index is 4.69. The molecule has 4 nitrogen and oxygen atoms in total. The molecule has 90 valence electrons. The van der Waals surface area contributed by atoms with Gasteiger partial charge in [-0.2, -0.15) is 4.98 Å². The van der Waals surface area contributed by atoms with E-state index in [9.17, 15) is 0 Å². The highest BCUT2D eigenvalue weighted by Gasteiger charge is 2.09. The fourth-order valence-electron chi connectivity index (χ4n) is 1.85. The summed E-state index contributed by atoms with van der Waals surface area (Å²) in [5.41, 5.74) is 3.89. The molecule has 1 aromatic carbocycles. The zero-order chi connectivity index (χ0) is 12.3. The van der Waals surface area contributed by atoms with E-state index in [4.69, 9.17) is 4.52 Å². The van der Waals surface area contributed by atoms with Crippen LogP contribution in [0.3, 0.4) is 0 Å². The number of rotatable bonds is 4. The summed E-state index contributed by atoms with van der Waals surface area (Å²) in [6.07, 6.45) is 1.35. The molecule has 0 spiro atoms. The quantitative estimate of drug-likeness (QED) is 0.878. The van der Waals surface area contributed by atoms with Gasteiger partial charge in [0.1, 0.15) is 0 Å². The van der Waals surface area contributed by atoms with Crippen molar-refractivity contribution in [1.82, 2.24) is 15.5 Å². The summed E-state index contributed by atoms with van der Waals surface area (Å²) in [6, 6.07) is 6.76. The smallest absolute Gasteiger partial charge is 0.213 e. The minimum Gasteiger partial charge on any atom is -0.343 e. The second-order valence-corrected chi connectivity index (χ2v) is 4.31. The summed E-state index contributed by atoms with van der Waals surface area (Å²) in [5.74, 6) is 0.683. The van der Waals surface area contributed by atoms with Gasteiger partial charge in [-0.25, -0.2) is 0 Å². The van der Waals surface area contributed by atoms with Gasteiger partial charge in [0.25, 0.3) is 0 Å². The largest absolute Gasteiger partial charge is 0.343 e. The molecule has 0 bridgehead atoms. The summed E-state index contributed by atoms with van der Waals surface area (Å²) in [7, 11) is 0. The Kier molecular flexibility index (Phi) is 3.54. The Hall–Kier alpha value is -1.68. The molecule has 2 rings (SSSR count). The molecule has 0 aliphatic carbocycles. The molecule has 1 unspecified atom stereocenters. The first kappa shape index (κ1) is 11.8. The monoisotopic (exact) mass is 231 g/mol. The lowest BCUT2D eigenvalue weighted by atomic mass is 10.00. The van der Waals surface area contributed by atoms with Gasteiger partial charge in [-0.05, 0) is 31.9 Å². The van der Waals surface area contributed by atoms with Crippen molar-refractivity contribution in [2.75, 3.05) is 0 Å². The van der Waals surface area contributed by atoms with Crippen LogP contribution in [0.1, 0.15) is 35.5 Å². The van der Waals surface area contributed by atoms with Crippen LogP contribution in [0.4, 0.5) is 0 Å². The Morgan fingerprint density at radius 1 is 1.35 bits per heavy atom. The topological polar surface area (TPSA) is 51.0 Å². The molecule has 2 aromatic rings. The van der Waals surface area contributed by atoms with E-state index in [0.717, 1.165) is 0 Å². The summed E-state index contributed by atoms with van der Waals surface area (Å²) in [5, 5.41) is 7.16. The van der Waals surface area contributed by atoms with Crippen molar-refractivity contribution < 1.29 is 4.52 Å². The molecule has 1 N–H and O–H groups in total. The molecule has 1 heterocycles. The molecule has 0 amide bonds. The van der Waals surface area contributed by atoms with E-state index in [-0.39, 0.29) is 6.04 Å². The van der Waals surface area contributed by atoms with Crippen LogP contribution in [-0.4, -0.2) is 10.1 Å². The van der Waals surface area contributed by atoms with E-state index in [0.29, 0.717) is 12.4 Å². The van der Waals surface area contributed by atoms with E-state index in [1.54, 1.807) is 0 Å². The van der Waals surface area contributed by atoms with Crippen molar-refractivity contribution in [2.24, 2.45) is 0 Å². The van der Waals surface area contributed by atoms with Crippen LogP contribution in [0.5, 0.6) is 0 Å². The fraction of sp³-hybridized carbons (Fsp3) is 0.385. The lowest BCUT2D eigenvalue weighted by Crippen LogP contribution is -2.19. The van der Waals surface area contributed by atoms with Crippen molar-refractivity contribution in [3.8, 4) is 0 Å². The molecule has 17 heavy (non-hydrogen) atoms. The molecular formula is C13H17N3O. The Morgan fingerprint density at radius 2 is 2.18 bits per heavy atom. The van der Waals surface area contributed by atoms with Gasteiger partial charge in [0.15, 0.2) is 5.82 Å². The van der Waals surface area contributed by atoms with Gasteiger partial charge in [-0.3, -0.25) is 0 Å². The molecule has 0 saturated heterocycles. The number of nitrogens with one attached hydrogen (secondary N) is 1. The van der Waals surface area contributed by atoms with Gasteiger partial charge in [0.05, 0.1) is 6.54 Å². The van der Waals surface area contributed by atoms with Crippen LogP contribution in [-0.2, 0) is 6.54 Å². The maximum absolute atomic E-state index is 4.69. The summed E-state index contributed by atoms with van der Waals surface area (Å²) >= 11 is 0. The van der Waals surface area contributed by atoms with Crippen molar-refractivity contribution in [3.63, 3.8) is 0 Å². The van der Waals surface area contributed by atoms with E-state index in [2.05, 4.69) is 54.4 Å². The number of aromatic nitrogens is 2. The average Bonchev–Trinajstić information content (AvgIpc) is 2.82. The van der Waals surface area contributed by atoms with Crippen LogP contribution in [0.2, 0.25) is 0 Å². The molecule has 4 heteroatoms. The Balaban J connectivity index is 2.04. The predicted octanol–water partition coefficient (Wildman–Crippen LogP) is 2.54. The third-order valence-electron chi connectivity index (χ3n) is 2.87. The van der Waals surface area contributed by atoms with Crippen molar-refractivity contribution in [2.45, 2.75) is 33.4 Å². The summed E-state index contributed by atoms with van der Waals surface area (Å²) in [6.45, 7) is 6.99. The maximum Gasteiger partial charge on any atom is 0.213 e. The minimum atomic E-state index is 0.272. The second kappa shape index (κ2) is 5.10. The third kappa shape index (κ3) is 2.91. The van der Waals surface area contributed by atoms with Gasteiger partial charge in [0.2, 0.25) is 6.39 Å². The van der Waals surface area contributed by atoms with Crippen LogP contribution in [0.15, 0.2) is 29.1 Å². The number of nitrogens with zero attached hydrogens (tertiary/aromatic N) is 2. The number of hydrogen-bond acceptors (Lipinski definition) is 4. The first-order valence-corrected chi connectivity index (χ1v) is 5.72. The fourth-order valence-corrected chi connectivity index (χ4v) is 1.85. The Labute approximate surface area is 101 Å². The van der Waals surface area contributed by atoms with Crippen molar-refractivity contribution in [1.29, 1.82) is 0 Å². The normalized spacial score (nSPS) is 12.6. The van der Waals surface area contributed by atoms with Crippen LogP contribution in [0, 0.1) is 13.8 Å². The number of hydrogen-bond donors (Lipinski definition) is 1. The molecule has 1 atom stereocenters. The molecule has 0 aliphatic heterocycles. The van der Waals surface area contributed by atoms with E-state index < -0.39 is 0 Å². The molecule has 1 aromatic heterocycles. The third-order valence-corrected chi connectivity index (χ3v) is 2.87. The van der Waals surface area contributed by atoms with Gasteiger partial charge in [0, 0.05) is 6.04 Å². The van der Waals surface area contributed by atoms with Gasteiger partial charge in [-0.1, -0.05) is 28.9 Å². The van der Waals surface area contributed by atoms with E-state index in [1.165, 1.54) is 23.1 Å². The SMILES string of the molecule is Cc1ccc(C)c(C(C)NCc2ncon2)c1. The van der Waals surface area contributed by atoms with Crippen LogP contribution >= 0.6 is 0 Å². The summed E-state index contributed by atoms with van der Waals surface area (Å²) < 4.78 is 4.69. The highest BCUT2D eigenvalue weighted by Crippen LogP contribution is 2.18. The number of benzene rings is 1. The first-order valence-electron chi connectivity index (χ1n) is 5.72. The summed E-state index contributed by atoms with van der Waals surface area (Å²) in [4.78, 5) is 3.98. The van der Waals surface area contributed by atoms with Crippen molar-refractivity contribution >= 4 is 0 Å². The highest BCUT2D eigenvalue weighted by atomic mass is 16.5. The average molecular weight is 231 g/mol. The van der Waals surface area contributed by atoms with Crippen LogP contribution < -0.4 is 5.32 Å². The lowest BCUT2D eigenvalue weighted by Gasteiger charge is -2.16. The minimum absolute atomic E-state index is 0.272. The molecule has 0 fully saturated rings. The Morgan fingerprint density at radius 3 is 2.88 bits per heavy atom. The molecule has 0 radical (unpaired) electrons. The zero-order valence-electron chi connectivity index (χ0n) is 10.4. The number of aryl methyl sites for hydroxylation is 2. The zero-order valence-corrected chi connectivity index (χ0v) is 10.4. The molecule has 0 aliphatic rings. The van der Waals surface area contributed by atoms with Gasteiger partial charge >= 0.3 is 0 Å².